The third-order valence-electron chi connectivity index (χ3n) is 1.38. The van der Waals surface area contributed by atoms with Gasteiger partial charge in [0.2, 0.25) is 5.91 Å². The van der Waals surface area contributed by atoms with E-state index in [0.29, 0.717) is 0 Å². The molecule has 1 atom stereocenters. The fourth-order valence-corrected chi connectivity index (χ4v) is 0.511. The minimum absolute atomic E-state index is 0.333. The topological polar surface area (TPSA) is 52.9 Å². The Morgan fingerprint density at radius 1 is 1.67 bits per heavy atom. The number of nitrogens with one attached hydrogen (secondary N) is 1. The maximum absolute atomic E-state index is 11.1. The van der Waals surface area contributed by atoms with Crippen LogP contribution in [-0.4, -0.2) is 11.4 Å². The first-order valence-corrected chi connectivity index (χ1v) is 3.62. The Kier molecular flexibility index (Phi) is 3.31. The van der Waals surface area contributed by atoms with E-state index < -0.39 is 11.5 Å². The second kappa shape index (κ2) is 3.78. The van der Waals surface area contributed by atoms with Gasteiger partial charge in [0.1, 0.15) is 5.92 Å². The molecule has 0 radical (unpaired) electrons. The molecule has 0 aliphatic heterocycles. The van der Waals surface area contributed by atoms with Gasteiger partial charge in [-0.25, -0.2) is 0 Å². The van der Waals surface area contributed by atoms with Crippen molar-refractivity contribution in [1.29, 1.82) is 5.26 Å². The average Bonchev–Trinajstić information content (AvgIpc) is 2.02. The summed E-state index contributed by atoms with van der Waals surface area (Å²) in [5.74, 6) is 1.42. The zero-order valence-corrected chi connectivity index (χ0v) is 7.51. The molecule has 12 heavy (non-hydrogen) atoms. The summed E-state index contributed by atoms with van der Waals surface area (Å²) in [6, 6.07) is 1.83. The van der Waals surface area contributed by atoms with Crippen molar-refractivity contribution >= 4 is 5.91 Å². The van der Waals surface area contributed by atoms with Crippen molar-refractivity contribution in [1.82, 2.24) is 5.32 Å². The van der Waals surface area contributed by atoms with Gasteiger partial charge in [0, 0.05) is 0 Å². The van der Waals surface area contributed by atoms with Crippen molar-refractivity contribution in [3.05, 3.63) is 0 Å². The SMILES string of the molecule is C#CC(C)(C)NC(=O)C(C)C#N. The first-order chi connectivity index (χ1) is 5.43. The van der Waals surface area contributed by atoms with Crippen molar-refractivity contribution in [2.45, 2.75) is 26.3 Å². The van der Waals surface area contributed by atoms with Gasteiger partial charge in [-0.2, -0.15) is 5.26 Å². The van der Waals surface area contributed by atoms with Crippen LogP contribution in [0.2, 0.25) is 0 Å². The van der Waals surface area contributed by atoms with Gasteiger partial charge in [-0.3, -0.25) is 4.79 Å². The fourth-order valence-electron chi connectivity index (χ4n) is 0.511. The molecule has 0 aromatic rings. The van der Waals surface area contributed by atoms with Crippen LogP contribution in [0.3, 0.4) is 0 Å². The number of carbonyl (C=O) groups excluding carboxylic acids is 1. The number of carbonyl (C=O) groups is 1. The highest BCUT2D eigenvalue weighted by molar-refractivity contribution is 5.81. The number of hydrogen-bond acceptors (Lipinski definition) is 2. The molecule has 0 aliphatic rings. The molecule has 0 aromatic carbocycles. The summed E-state index contributed by atoms with van der Waals surface area (Å²) < 4.78 is 0. The zero-order valence-electron chi connectivity index (χ0n) is 7.51. The van der Waals surface area contributed by atoms with Crippen LogP contribution in [0.25, 0.3) is 0 Å². The summed E-state index contributed by atoms with van der Waals surface area (Å²) in [7, 11) is 0. The molecule has 0 saturated heterocycles. The normalized spacial score (nSPS) is 12.4. The molecule has 0 spiro atoms. The van der Waals surface area contributed by atoms with Gasteiger partial charge in [-0.15, -0.1) is 6.42 Å². The molecule has 3 nitrogen and oxygen atoms in total. The second-order valence-corrected chi connectivity index (χ2v) is 3.11. The van der Waals surface area contributed by atoms with E-state index in [1.165, 1.54) is 6.92 Å². The molecule has 0 bridgehead atoms. The zero-order chi connectivity index (χ0) is 9.78. The highest BCUT2D eigenvalue weighted by atomic mass is 16.2. The fraction of sp³-hybridized carbons (Fsp3) is 0.556. The number of amides is 1. The molecule has 1 amide bonds. The van der Waals surface area contributed by atoms with Crippen LogP contribution in [0.1, 0.15) is 20.8 Å². The molecule has 0 rings (SSSR count). The number of nitrogens with zero attached hydrogens (tertiary/aromatic N) is 1. The number of hydrogen-bond donors (Lipinski definition) is 1. The van der Waals surface area contributed by atoms with Crippen molar-refractivity contribution < 1.29 is 4.79 Å². The van der Waals surface area contributed by atoms with E-state index in [2.05, 4.69) is 11.2 Å². The molecular weight excluding hydrogens is 152 g/mol. The van der Waals surface area contributed by atoms with Crippen molar-refractivity contribution in [2.24, 2.45) is 5.92 Å². The summed E-state index contributed by atoms with van der Waals surface area (Å²) in [4.78, 5) is 11.1. The van der Waals surface area contributed by atoms with Crippen LogP contribution in [-0.2, 0) is 4.79 Å². The molecule has 0 aromatic heterocycles. The second-order valence-electron chi connectivity index (χ2n) is 3.11. The Bertz CT molecular complexity index is 255. The van der Waals surface area contributed by atoms with Crippen LogP contribution < -0.4 is 5.32 Å². The van der Waals surface area contributed by atoms with E-state index >= 15 is 0 Å². The lowest BCUT2D eigenvalue weighted by molar-refractivity contribution is -0.124. The van der Waals surface area contributed by atoms with E-state index in [-0.39, 0.29) is 5.91 Å². The number of nitriles is 1. The monoisotopic (exact) mass is 164 g/mol. The van der Waals surface area contributed by atoms with Gasteiger partial charge >= 0.3 is 0 Å². The molecule has 0 heterocycles. The van der Waals surface area contributed by atoms with E-state index in [1.54, 1.807) is 13.8 Å². The molecule has 0 saturated carbocycles. The largest absolute Gasteiger partial charge is 0.339 e. The Morgan fingerprint density at radius 2 is 2.17 bits per heavy atom. The molecular formula is C9H12N2O. The average molecular weight is 164 g/mol. The molecule has 1 unspecified atom stereocenters. The quantitative estimate of drug-likeness (QED) is 0.610. The van der Waals surface area contributed by atoms with Gasteiger partial charge in [-0.1, -0.05) is 5.92 Å². The molecule has 3 heteroatoms. The summed E-state index contributed by atoms with van der Waals surface area (Å²) in [5, 5.41) is 11.0. The molecule has 64 valence electrons. The molecule has 0 fully saturated rings. The van der Waals surface area contributed by atoms with E-state index in [0.717, 1.165) is 0 Å². The summed E-state index contributed by atoms with van der Waals surface area (Å²) in [6.45, 7) is 4.94. The van der Waals surface area contributed by atoms with Crippen LogP contribution >= 0.6 is 0 Å². The predicted molar refractivity (Wildman–Crippen MR) is 45.8 cm³/mol. The van der Waals surface area contributed by atoms with Gasteiger partial charge < -0.3 is 5.32 Å². The standard InChI is InChI=1S/C9H12N2O/c1-5-9(3,4)11-8(12)7(2)6-10/h1,7H,2-4H3,(H,11,12). The number of terminal acetylenes is 1. The summed E-state index contributed by atoms with van der Waals surface area (Å²) in [6.07, 6.45) is 5.15. The van der Waals surface area contributed by atoms with Gasteiger partial charge in [0.05, 0.1) is 11.6 Å². The van der Waals surface area contributed by atoms with Crippen LogP contribution in [0.5, 0.6) is 0 Å². The van der Waals surface area contributed by atoms with Gasteiger partial charge in [0.15, 0.2) is 0 Å². The van der Waals surface area contributed by atoms with Crippen LogP contribution in [0, 0.1) is 29.6 Å². The minimum Gasteiger partial charge on any atom is -0.339 e. The van der Waals surface area contributed by atoms with Crippen molar-refractivity contribution in [3.8, 4) is 18.4 Å². The van der Waals surface area contributed by atoms with Crippen LogP contribution in [0.15, 0.2) is 0 Å². The maximum Gasteiger partial charge on any atom is 0.238 e. The highest BCUT2D eigenvalue weighted by Crippen LogP contribution is 2.01. The lowest BCUT2D eigenvalue weighted by Gasteiger charge is -2.19. The maximum atomic E-state index is 11.1. The first kappa shape index (κ1) is 10.5. The van der Waals surface area contributed by atoms with E-state index in [9.17, 15) is 4.79 Å². The lowest BCUT2D eigenvalue weighted by atomic mass is 10.1. The third kappa shape index (κ3) is 3.07. The third-order valence-corrected chi connectivity index (χ3v) is 1.38. The summed E-state index contributed by atoms with van der Waals surface area (Å²) in [5.41, 5.74) is -0.678. The minimum atomic E-state index is -0.678. The van der Waals surface area contributed by atoms with Gasteiger partial charge in [-0.05, 0) is 20.8 Å². The Morgan fingerprint density at radius 3 is 2.50 bits per heavy atom. The summed E-state index contributed by atoms with van der Waals surface area (Å²) >= 11 is 0. The number of rotatable bonds is 2. The molecule has 0 aliphatic carbocycles. The lowest BCUT2D eigenvalue weighted by Crippen LogP contribution is -2.44. The Labute approximate surface area is 72.8 Å². The van der Waals surface area contributed by atoms with E-state index in [4.69, 9.17) is 11.7 Å². The van der Waals surface area contributed by atoms with E-state index in [1.807, 2.05) is 6.07 Å². The van der Waals surface area contributed by atoms with Gasteiger partial charge in [0.25, 0.3) is 0 Å². The smallest absolute Gasteiger partial charge is 0.238 e. The van der Waals surface area contributed by atoms with Crippen molar-refractivity contribution in [2.75, 3.05) is 0 Å². The Hall–Kier alpha value is -1.48. The van der Waals surface area contributed by atoms with Crippen molar-refractivity contribution in [3.63, 3.8) is 0 Å². The Balaban J connectivity index is 4.24. The van der Waals surface area contributed by atoms with Crippen LogP contribution in [0.4, 0.5) is 0 Å². The molecule has 1 N–H and O–H groups in total. The highest BCUT2D eigenvalue weighted by Gasteiger charge is 2.20. The predicted octanol–water partition coefficient (Wildman–Crippen LogP) is 0.674. The first-order valence-electron chi connectivity index (χ1n) is 3.62.